The van der Waals surface area contributed by atoms with Crippen LogP contribution in [-0.4, -0.2) is 42.9 Å². The highest BCUT2D eigenvalue weighted by molar-refractivity contribution is 6.32. The molecule has 0 bridgehead atoms. The van der Waals surface area contributed by atoms with Crippen molar-refractivity contribution in [1.82, 2.24) is 10.6 Å². The second-order valence-corrected chi connectivity index (χ2v) is 5.44. The summed E-state index contributed by atoms with van der Waals surface area (Å²) >= 11 is 6.08. The van der Waals surface area contributed by atoms with Crippen molar-refractivity contribution in [3.63, 3.8) is 0 Å². The first kappa shape index (κ1) is 17.8. The highest BCUT2D eigenvalue weighted by Gasteiger charge is 2.11. The van der Waals surface area contributed by atoms with Crippen LogP contribution in [0.5, 0.6) is 5.75 Å². The molecule has 0 heterocycles. The number of hydrogen-bond donors (Lipinski definition) is 3. The molecule has 1 amide bonds. The zero-order valence-electron chi connectivity index (χ0n) is 12.6. The van der Waals surface area contributed by atoms with Crippen molar-refractivity contribution >= 4 is 17.5 Å². The maximum atomic E-state index is 11.7. The molecular weight excluding hydrogens is 292 g/mol. The van der Waals surface area contributed by atoms with E-state index in [2.05, 4.69) is 10.6 Å². The first-order valence-corrected chi connectivity index (χ1v) is 7.43. The van der Waals surface area contributed by atoms with Gasteiger partial charge in [-0.25, -0.2) is 0 Å². The Morgan fingerprint density at radius 2 is 2.14 bits per heavy atom. The highest BCUT2D eigenvalue weighted by atomic mass is 35.5. The fraction of sp³-hybridized carbons (Fsp3) is 0.533. The molecule has 0 radical (unpaired) electrons. The molecule has 0 aliphatic rings. The smallest absolute Gasteiger partial charge is 0.251 e. The van der Waals surface area contributed by atoms with Crippen LogP contribution < -0.4 is 15.4 Å². The van der Waals surface area contributed by atoms with Gasteiger partial charge in [-0.3, -0.25) is 4.79 Å². The minimum absolute atomic E-state index is 0.139. The zero-order valence-corrected chi connectivity index (χ0v) is 13.4. The number of halogens is 1. The van der Waals surface area contributed by atoms with E-state index >= 15 is 0 Å². The predicted octanol–water partition coefficient (Wildman–Crippen LogP) is 1.83. The van der Waals surface area contributed by atoms with Gasteiger partial charge in [0, 0.05) is 24.7 Å². The maximum absolute atomic E-state index is 11.7. The minimum Gasteiger partial charge on any atom is -0.489 e. The Morgan fingerprint density at radius 1 is 1.43 bits per heavy atom. The lowest BCUT2D eigenvalue weighted by atomic mass is 10.2. The summed E-state index contributed by atoms with van der Waals surface area (Å²) in [7, 11) is 0. The third-order valence-electron chi connectivity index (χ3n) is 2.72. The lowest BCUT2D eigenvalue weighted by Crippen LogP contribution is -2.35. The third-order valence-corrected chi connectivity index (χ3v) is 3.02. The molecular formula is C15H23ClN2O3. The monoisotopic (exact) mass is 314 g/mol. The minimum atomic E-state index is -0.619. The third kappa shape index (κ3) is 6.33. The van der Waals surface area contributed by atoms with E-state index in [1.54, 1.807) is 18.2 Å². The van der Waals surface area contributed by atoms with Gasteiger partial charge in [-0.15, -0.1) is 0 Å². The SMILES string of the molecule is CCNC(=O)c1ccc(OC[C@@H](O)CNC(C)C)c(Cl)c1. The topological polar surface area (TPSA) is 70.6 Å². The van der Waals surface area contributed by atoms with E-state index in [-0.39, 0.29) is 12.5 Å². The number of rotatable bonds is 8. The Balaban J connectivity index is 2.54. The van der Waals surface area contributed by atoms with Crippen LogP contribution in [-0.2, 0) is 0 Å². The van der Waals surface area contributed by atoms with E-state index in [0.717, 1.165) is 0 Å². The lowest BCUT2D eigenvalue weighted by Gasteiger charge is -2.15. The van der Waals surface area contributed by atoms with E-state index < -0.39 is 6.10 Å². The molecule has 0 fully saturated rings. The number of carbonyl (C=O) groups is 1. The van der Waals surface area contributed by atoms with E-state index in [1.807, 2.05) is 20.8 Å². The van der Waals surface area contributed by atoms with Gasteiger partial charge in [-0.05, 0) is 25.1 Å². The van der Waals surface area contributed by atoms with Gasteiger partial charge in [0.15, 0.2) is 0 Å². The largest absolute Gasteiger partial charge is 0.489 e. The van der Waals surface area contributed by atoms with Crippen LogP contribution in [0.3, 0.4) is 0 Å². The molecule has 1 rings (SSSR count). The van der Waals surface area contributed by atoms with Crippen molar-refractivity contribution in [2.24, 2.45) is 0 Å². The van der Waals surface area contributed by atoms with Gasteiger partial charge in [0.1, 0.15) is 18.5 Å². The van der Waals surface area contributed by atoms with Gasteiger partial charge in [-0.2, -0.15) is 0 Å². The summed E-state index contributed by atoms with van der Waals surface area (Å²) in [6.07, 6.45) is -0.619. The second kappa shape index (κ2) is 8.87. The van der Waals surface area contributed by atoms with Crippen LogP contribution in [0.2, 0.25) is 5.02 Å². The van der Waals surface area contributed by atoms with E-state index in [1.165, 1.54) is 0 Å². The Bertz CT molecular complexity index is 466. The molecule has 5 nitrogen and oxygen atoms in total. The summed E-state index contributed by atoms with van der Waals surface area (Å²) in [5.41, 5.74) is 0.483. The summed E-state index contributed by atoms with van der Waals surface area (Å²) in [4.78, 5) is 11.7. The maximum Gasteiger partial charge on any atom is 0.251 e. The van der Waals surface area contributed by atoms with Crippen molar-refractivity contribution in [3.05, 3.63) is 28.8 Å². The standard InChI is InChI=1S/C15H23ClN2O3/c1-4-17-15(20)11-5-6-14(13(16)7-11)21-9-12(19)8-18-10(2)3/h5-7,10,12,18-19H,4,8-9H2,1-3H3,(H,17,20)/t12-/m0/s1. The zero-order chi connectivity index (χ0) is 15.8. The fourth-order valence-electron chi connectivity index (χ4n) is 1.64. The van der Waals surface area contributed by atoms with E-state index in [0.29, 0.717) is 35.5 Å². The molecule has 0 aromatic heterocycles. The Kier molecular flexibility index (Phi) is 7.50. The molecule has 3 N–H and O–H groups in total. The van der Waals surface area contributed by atoms with Gasteiger partial charge in [0.05, 0.1) is 5.02 Å². The number of ether oxygens (including phenoxy) is 1. The molecule has 0 saturated heterocycles. The Labute approximate surface area is 130 Å². The van der Waals surface area contributed by atoms with Crippen LogP contribution in [0.25, 0.3) is 0 Å². The van der Waals surface area contributed by atoms with Crippen LogP contribution in [0.15, 0.2) is 18.2 Å². The van der Waals surface area contributed by atoms with Crippen molar-refractivity contribution in [2.45, 2.75) is 32.9 Å². The van der Waals surface area contributed by atoms with Crippen molar-refractivity contribution in [3.8, 4) is 5.75 Å². The number of carbonyl (C=O) groups excluding carboxylic acids is 1. The lowest BCUT2D eigenvalue weighted by molar-refractivity contribution is 0.0954. The van der Waals surface area contributed by atoms with Gasteiger partial charge in [0.25, 0.3) is 5.91 Å². The average Bonchev–Trinajstić information content (AvgIpc) is 2.44. The molecule has 1 atom stereocenters. The molecule has 0 aliphatic carbocycles. The van der Waals surface area contributed by atoms with Crippen molar-refractivity contribution < 1.29 is 14.6 Å². The summed E-state index contributed by atoms with van der Waals surface area (Å²) < 4.78 is 5.47. The number of nitrogens with one attached hydrogen (secondary N) is 2. The summed E-state index contributed by atoms with van der Waals surface area (Å²) in [6.45, 7) is 7.01. The number of amides is 1. The van der Waals surface area contributed by atoms with Crippen LogP contribution in [0.4, 0.5) is 0 Å². The Hall–Kier alpha value is -1.30. The van der Waals surface area contributed by atoms with Crippen LogP contribution in [0, 0.1) is 0 Å². The number of aliphatic hydroxyl groups is 1. The van der Waals surface area contributed by atoms with E-state index in [4.69, 9.17) is 16.3 Å². The normalized spacial score (nSPS) is 12.3. The summed E-state index contributed by atoms with van der Waals surface area (Å²) in [5.74, 6) is 0.278. The first-order chi connectivity index (χ1) is 9.93. The van der Waals surface area contributed by atoms with Gasteiger partial charge in [-0.1, -0.05) is 25.4 Å². The van der Waals surface area contributed by atoms with Crippen LogP contribution >= 0.6 is 11.6 Å². The second-order valence-electron chi connectivity index (χ2n) is 5.03. The number of hydrogen-bond acceptors (Lipinski definition) is 4. The quantitative estimate of drug-likeness (QED) is 0.684. The van der Waals surface area contributed by atoms with Crippen molar-refractivity contribution in [1.29, 1.82) is 0 Å². The predicted molar refractivity (Wildman–Crippen MR) is 84.1 cm³/mol. The molecule has 0 unspecified atom stereocenters. The van der Waals surface area contributed by atoms with Crippen molar-refractivity contribution in [2.75, 3.05) is 19.7 Å². The highest BCUT2D eigenvalue weighted by Crippen LogP contribution is 2.25. The van der Waals surface area contributed by atoms with E-state index in [9.17, 15) is 9.90 Å². The molecule has 0 spiro atoms. The van der Waals surface area contributed by atoms with Gasteiger partial charge < -0.3 is 20.5 Å². The first-order valence-electron chi connectivity index (χ1n) is 7.06. The molecule has 0 saturated carbocycles. The number of aliphatic hydroxyl groups excluding tert-OH is 1. The van der Waals surface area contributed by atoms with Crippen LogP contribution in [0.1, 0.15) is 31.1 Å². The van der Waals surface area contributed by atoms with Gasteiger partial charge in [0.2, 0.25) is 0 Å². The molecule has 118 valence electrons. The Morgan fingerprint density at radius 3 is 2.71 bits per heavy atom. The average molecular weight is 315 g/mol. The molecule has 0 aliphatic heterocycles. The van der Waals surface area contributed by atoms with Gasteiger partial charge >= 0.3 is 0 Å². The molecule has 1 aromatic rings. The molecule has 21 heavy (non-hydrogen) atoms. The molecule has 1 aromatic carbocycles. The number of benzene rings is 1. The summed E-state index contributed by atoms with van der Waals surface area (Å²) in [6, 6.07) is 5.14. The summed E-state index contributed by atoms with van der Waals surface area (Å²) in [5, 5.41) is 15.9. The fourth-order valence-corrected chi connectivity index (χ4v) is 1.87. The molecule has 6 heteroatoms.